The molecule has 0 spiro atoms. The fourth-order valence-electron chi connectivity index (χ4n) is 2.76. The molecule has 2 aromatic carbocycles. The Bertz CT molecular complexity index is 906. The molecule has 3 aromatic rings. The van der Waals surface area contributed by atoms with E-state index in [0.717, 1.165) is 5.56 Å². The van der Waals surface area contributed by atoms with E-state index in [-0.39, 0.29) is 11.7 Å². The van der Waals surface area contributed by atoms with E-state index in [1.807, 2.05) is 37.3 Å². The van der Waals surface area contributed by atoms with Crippen LogP contribution in [0.1, 0.15) is 28.0 Å². The molecule has 0 saturated heterocycles. The van der Waals surface area contributed by atoms with Crippen molar-refractivity contribution in [1.82, 2.24) is 9.97 Å². The number of methoxy groups -OCH3 is 1. The first-order chi connectivity index (χ1) is 11.6. The summed E-state index contributed by atoms with van der Waals surface area (Å²) in [4.78, 5) is 21.1. The van der Waals surface area contributed by atoms with Gasteiger partial charge in [0.2, 0.25) is 5.95 Å². The molecule has 0 unspecified atom stereocenters. The van der Waals surface area contributed by atoms with Gasteiger partial charge in [0, 0.05) is 11.8 Å². The molecule has 5 nitrogen and oxygen atoms in total. The molecule has 0 radical (unpaired) electrons. The molecule has 3 rings (SSSR count). The molecule has 2 N–H and O–H groups in total. The molecule has 5 heteroatoms. The van der Waals surface area contributed by atoms with Gasteiger partial charge in [-0.1, -0.05) is 42.0 Å². The number of benzene rings is 2. The van der Waals surface area contributed by atoms with Crippen molar-refractivity contribution in [3.63, 3.8) is 0 Å². The Morgan fingerprint density at radius 1 is 1.17 bits per heavy atom. The summed E-state index contributed by atoms with van der Waals surface area (Å²) in [5.41, 5.74) is 9.01. The summed E-state index contributed by atoms with van der Waals surface area (Å²) in [5, 5.41) is 0.665. The zero-order valence-corrected chi connectivity index (χ0v) is 13.7. The quantitative estimate of drug-likeness (QED) is 0.729. The minimum Gasteiger partial charge on any atom is -0.494 e. The van der Waals surface area contributed by atoms with Gasteiger partial charge in [-0.05, 0) is 25.0 Å². The van der Waals surface area contributed by atoms with Crippen molar-refractivity contribution in [2.24, 2.45) is 0 Å². The maximum Gasteiger partial charge on any atom is 0.221 e. The van der Waals surface area contributed by atoms with Crippen LogP contribution < -0.4 is 10.5 Å². The molecule has 0 aliphatic rings. The second-order valence-corrected chi connectivity index (χ2v) is 5.70. The third kappa shape index (κ3) is 3.20. The second kappa shape index (κ2) is 6.66. The van der Waals surface area contributed by atoms with Gasteiger partial charge in [-0.2, -0.15) is 0 Å². The Morgan fingerprint density at radius 2 is 1.96 bits per heavy atom. The SMILES string of the molecule is COc1cccc2c(C(=O)CCc3cccc(C)c3)nc(N)nc12. The molecule has 1 aromatic heterocycles. The minimum absolute atomic E-state index is 0.0520. The first kappa shape index (κ1) is 15.9. The van der Waals surface area contributed by atoms with Crippen molar-refractivity contribution in [3.8, 4) is 5.75 Å². The second-order valence-electron chi connectivity index (χ2n) is 5.70. The summed E-state index contributed by atoms with van der Waals surface area (Å²) in [6.07, 6.45) is 1.03. The van der Waals surface area contributed by atoms with E-state index < -0.39 is 0 Å². The number of nitrogen functional groups attached to an aromatic ring is 1. The van der Waals surface area contributed by atoms with Gasteiger partial charge in [-0.3, -0.25) is 4.79 Å². The summed E-state index contributed by atoms with van der Waals surface area (Å²) < 4.78 is 5.30. The number of fused-ring (bicyclic) bond motifs is 1. The highest BCUT2D eigenvalue weighted by molar-refractivity contribution is 6.07. The third-order valence-corrected chi connectivity index (χ3v) is 3.91. The van der Waals surface area contributed by atoms with Crippen molar-refractivity contribution in [3.05, 3.63) is 59.3 Å². The van der Waals surface area contributed by atoms with Crippen LogP contribution in [0, 0.1) is 6.92 Å². The normalized spacial score (nSPS) is 10.8. The van der Waals surface area contributed by atoms with Crippen LogP contribution in [0.3, 0.4) is 0 Å². The number of hydrogen-bond acceptors (Lipinski definition) is 5. The van der Waals surface area contributed by atoms with Crippen molar-refractivity contribution in [2.75, 3.05) is 12.8 Å². The van der Waals surface area contributed by atoms with Crippen molar-refractivity contribution in [2.45, 2.75) is 19.8 Å². The van der Waals surface area contributed by atoms with Crippen molar-refractivity contribution < 1.29 is 9.53 Å². The Balaban J connectivity index is 1.92. The number of nitrogens with zero attached hydrogens (tertiary/aromatic N) is 2. The standard InChI is InChI=1S/C19H19N3O2/c1-12-5-3-6-13(11-12)9-10-15(23)17-14-7-4-8-16(24-2)18(14)22-19(20)21-17/h3-8,11H,9-10H2,1-2H3,(H2,20,21,22). The summed E-state index contributed by atoms with van der Waals surface area (Å²) >= 11 is 0. The molecule has 0 atom stereocenters. The fraction of sp³-hybridized carbons (Fsp3) is 0.211. The molecule has 0 aliphatic heterocycles. The zero-order chi connectivity index (χ0) is 17.1. The van der Waals surface area contributed by atoms with Crippen LogP contribution in [0.15, 0.2) is 42.5 Å². The number of para-hydroxylation sites is 1. The number of Topliss-reactive ketones (excluding diaryl/α,β-unsaturated/α-hetero) is 1. The Labute approximate surface area is 140 Å². The average molecular weight is 321 g/mol. The van der Waals surface area contributed by atoms with E-state index in [0.29, 0.717) is 35.2 Å². The van der Waals surface area contributed by atoms with Crippen LogP contribution in [0.4, 0.5) is 5.95 Å². The van der Waals surface area contributed by atoms with Gasteiger partial charge in [0.25, 0.3) is 0 Å². The van der Waals surface area contributed by atoms with E-state index in [9.17, 15) is 4.79 Å². The highest BCUT2D eigenvalue weighted by Gasteiger charge is 2.16. The number of rotatable bonds is 5. The fourth-order valence-corrected chi connectivity index (χ4v) is 2.76. The number of carbonyl (C=O) groups excluding carboxylic acids is 1. The molecule has 0 saturated carbocycles. The predicted octanol–water partition coefficient (Wildman–Crippen LogP) is 3.34. The summed E-state index contributed by atoms with van der Waals surface area (Å²) in [7, 11) is 1.56. The third-order valence-electron chi connectivity index (χ3n) is 3.91. The first-order valence-corrected chi connectivity index (χ1v) is 7.77. The van der Waals surface area contributed by atoms with Gasteiger partial charge in [0.15, 0.2) is 5.78 Å². The smallest absolute Gasteiger partial charge is 0.221 e. The Morgan fingerprint density at radius 3 is 2.71 bits per heavy atom. The van der Waals surface area contributed by atoms with E-state index in [2.05, 4.69) is 16.0 Å². The molecule has 122 valence electrons. The number of aromatic nitrogens is 2. The van der Waals surface area contributed by atoms with E-state index >= 15 is 0 Å². The Kier molecular flexibility index (Phi) is 4.42. The minimum atomic E-state index is -0.0520. The lowest BCUT2D eigenvalue weighted by molar-refractivity contribution is 0.0980. The van der Waals surface area contributed by atoms with Crippen LogP contribution in [0.5, 0.6) is 5.75 Å². The van der Waals surface area contributed by atoms with Crippen LogP contribution >= 0.6 is 0 Å². The van der Waals surface area contributed by atoms with Crippen molar-refractivity contribution >= 4 is 22.6 Å². The van der Waals surface area contributed by atoms with Crippen LogP contribution in [0.2, 0.25) is 0 Å². The highest BCUT2D eigenvalue weighted by atomic mass is 16.5. The van der Waals surface area contributed by atoms with Gasteiger partial charge < -0.3 is 10.5 Å². The van der Waals surface area contributed by atoms with Gasteiger partial charge in [0.1, 0.15) is 17.0 Å². The molecular weight excluding hydrogens is 302 g/mol. The number of carbonyl (C=O) groups is 1. The number of nitrogens with two attached hydrogens (primary N) is 1. The molecule has 0 aliphatic carbocycles. The largest absolute Gasteiger partial charge is 0.494 e. The maximum absolute atomic E-state index is 12.7. The summed E-state index contributed by atoms with van der Waals surface area (Å²) in [6.45, 7) is 2.04. The molecule has 0 fully saturated rings. The van der Waals surface area contributed by atoms with E-state index in [1.54, 1.807) is 13.2 Å². The predicted molar refractivity (Wildman–Crippen MR) is 94.3 cm³/mol. The van der Waals surface area contributed by atoms with Crippen LogP contribution in [0.25, 0.3) is 10.9 Å². The molecule has 0 amide bonds. The van der Waals surface area contributed by atoms with Gasteiger partial charge in [0.05, 0.1) is 7.11 Å². The number of ether oxygens (including phenoxy) is 1. The van der Waals surface area contributed by atoms with Crippen LogP contribution in [-0.4, -0.2) is 22.9 Å². The van der Waals surface area contributed by atoms with Gasteiger partial charge in [-0.25, -0.2) is 9.97 Å². The first-order valence-electron chi connectivity index (χ1n) is 7.77. The van der Waals surface area contributed by atoms with E-state index in [4.69, 9.17) is 10.5 Å². The van der Waals surface area contributed by atoms with E-state index in [1.165, 1.54) is 5.56 Å². The molecule has 24 heavy (non-hydrogen) atoms. The van der Waals surface area contributed by atoms with Gasteiger partial charge >= 0.3 is 0 Å². The monoisotopic (exact) mass is 321 g/mol. The lowest BCUT2D eigenvalue weighted by Crippen LogP contribution is -2.09. The summed E-state index contributed by atoms with van der Waals surface area (Å²) in [5.74, 6) is 0.601. The molecule has 1 heterocycles. The lowest BCUT2D eigenvalue weighted by atomic mass is 10.0. The van der Waals surface area contributed by atoms with Crippen molar-refractivity contribution in [1.29, 1.82) is 0 Å². The zero-order valence-electron chi connectivity index (χ0n) is 13.7. The lowest BCUT2D eigenvalue weighted by Gasteiger charge is -2.09. The average Bonchev–Trinajstić information content (AvgIpc) is 2.58. The number of hydrogen-bond donors (Lipinski definition) is 1. The summed E-state index contributed by atoms with van der Waals surface area (Å²) in [6, 6.07) is 13.6. The molecule has 0 bridgehead atoms. The maximum atomic E-state index is 12.7. The highest BCUT2D eigenvalue weighted by Crippen LogP contribution is 2.26. The van der Waals surface area contributed by atoms with Gasteiger partial charge in [-0.15, -0.1) is 0 Å². The topological polar surface area (TPSA) is 78.1 Å². The number of aryl methyl sites for hydroxylation is 2. The Hall–Kier alpha value is -2.95. The molecular formula is C19H19N3O2. The number of anilines is 1. The number of ketones is 1. The van der Waals surface area contributed by atoms with Crippen LogP contribution in [-0.2, 0) is 6.42 Å².